The molecule has 0 atom stereocenters. The van der Waals surface area contributed by atoms with Crippen molar-refractivity contribution in [2.24, 2.45) is 0 Å². The number of piperidine rings is 1. The summed E-state index contributed by atoms with van der Waals surface area (Å²) in [5.41, 5.74) is 1.02. The molecule has 6 nitrogen and oxygen atoms in total. The van der Waals surface area contributed by atoms with Crippen LogP contribution in [-0.2, 0) is 14.6 Å². The molecule has 1 amide bonds. The van der Waals surface area contributed by atoms with E-state index in [-0.39, 0.29) is 6.54 Å². The minimum atomic E-state index is -3.48. The number of carbonyl (C=O) groups excluding carboxylic acids is 1. The molecule has 128 valence electrons. The minimum Gasteiger partial charge on any atom is -0.491 e. The summed E-state index contributed by atoms with van der Waals surface area (Å²) in [5.74, 6) is 0.344. The van der Waals surface area contributed by atoms with Crippen LogP contribution in [-0.4, -0.2) is 51.6 Å². The standard InChI is InChI=1S/C16H24N2O4S/c1-13-5-3-4-6-14(13)22-12-11-18-15(19)16(23(2,20)21)7-9-17-10-8-16/h3-6,17H,7-12H2,1-2H3,(H,18,19). The van der Waals surface area contributed by atoms with Gasteiger partial charge in [0.1, 0.15) is 12.4 Å². The van der Waals surface area contributed by atoms with Gasteiger partial charge in [0.05, 0.1) is 6.54 Å². The Kier molecular flexibility index (Phi) is 5.64. The molecule has 0 aliphatic carbocycles. The number of ether oxygens (including phenoxy) is 1. The summed E-state index contributed by atoms with van der Waals surface area (Å²) in [4.78, 5) is 12.5. The molecule has 1 heterocycles. The highest BCUT2D eigenvalue weighted by atomic mass is 32.2. The molecular weight excluding hydrogens is 316 g/mol. The van der Waals surface area contributed by atoms with Gasteiger partial charge in [-0.15, -0.1) is 0 Å². The van der Waals surface area contributed by atoms with Crippen LogP contribution in [0.25, 0.3) is 0 Å². The fraction of sp³-hybridized carbons (Fsp3) is 0.562. The molecule has 1 fully saturated rings. The van der Waals surface area contributed by atoms with E-state index >= 15 is 0 Å². The van der Waals surface area contributed by atoms with Crippen molar-refractivity contribution >= 4 is 15.7 Å². The molecule has 2 rings (SSSR count). The maximum absolute atomic E-state index is 12.5. The predicted molar refractivity (Wildman–Crippen MR) is 89.4 cm³/mol. The van der Waals surface area contributed by atoms with Crippen LogP contribution in [0.4, 0.5) is 0 Å². The zero-order valence-electron chi connectivity index (χ0n) is 13.6. The molecule has 1 saturated heterocycles. The first-order valence-electron chi connectivity index (χ1n) is 7.74. The highest BCUT2D eigenvalue weighted by molar-refractivity contribution is 7.92. The van der Waals surface area contributed by atoms with Crippen molar-refractivity contribution in [1.29, 1.82) is 0 Å². The number of benzene rings is 1. The SMILES string of the molecule is Cc1ccccc1OCCNC(=O)C1(S(C)(=O)=O)CCNCC1. The number of nitrogens with one attached hydrogen (secondary N) is 2. The van der Waals surface area contributed by atoms with E-state index < -0.39 is 20.5 Å². The molecule has 1 aromatic rings. The van der Waals surface area contributed by atoms with Gasteiger partial charge in [-0.25, -0.2) is 8.42 Å². The molecule has 1 aliphatic heterocycles. The van der Waals surface area contributed by atoms with Gasteiger partial charge in [-0.2, -0.15) is 0 Å². The minimum absolute atomic E-state index is 0.276. The van der Waals surface area contributed by atoms with Crippen molar-refractivity contribution in [3.05, 3.63) is 29.8 Å². The van der Waals surface area contributed by atoms with Crippen molar-refractivity contribution in [1.82, 2.24) is 10.6 Å². The van der Waals surface area contributed by atoms with Crippen LogP contribution in [0.2, 0.25) is 0 Å². The number of sulfone groups is 1. The summed E-state index contributed by atoms with van der Waals surface area (Å²) < 4.78 is 28.6. The maximum Gasteiger partial charge on any atom is 0.241 e. The number of hydrogen-bond donors (Lipinski definition) is 2. The van der Waals surface area contributed by atoms with Gasteiger partial charge in [0.15, 0.2) is 14.6 Å². The first kappa shape index (κ1) is 17.7. The molecule has 7 heteroatoms. The smallest absolute Gasteiger partial charge is 0.241 e. The van der Waals surface area contributed by atoms with Crippen molar-refractivity contribution in [3.8, 4) is 5.75 Å². The van der Waals surface area contributed by atoms with E-state index in [1.54, 1.807) is 0 Å². The molecule has 0 bridgehead atoms. The summed E-state index contributed by atoms with van der Waals surface area (Å²) >= 11 is 0. The predicted octanol–water partition coefficient (Wildman–Crippen LogP) is 0.657. The van der Waals surface area contributed by atoms with E-state index in [4.69, 9.17) is 4.74 Å². The number of aryl methyl sites for hydroxylation is 1. The zero-order valence-corrected chi connectivity index (χ0v) is 14.4. The first-order valence-corrected chi connectivity index (χ1v) is 9.63. The Morgan fingerprint density at radius 1 is 1.30 bits per heavy atom. The molecule has 0 saturated carbocycles. The Hall–Kier alpha value is -1.60. The number of hydrogen-bond acceptors (Lipinski definition) is 5. The van der Waals surface area contributed by atoms with Crippen LogP contribution in [0.5, 0.6) is 5.75 Å². The van der Waals surface area contributed by atoms with Gasteiger partial charge in [0.25, 0.3) is 0 Å². The van der Waals surface area contributed by atoms with Gasteiger partial charge in [0, 0.05) is 6.26 Å². The lowest BCUT2D eigenvalue weighted by molar-refractivity contribution is -0.124. The van der Waals surface area contributed by atoms with E-state index in [9.17, 15) is 13.2 Å². The summed E-state index contributed by atoms with van der Waals surface area (Å²) in [7, 11) is -3.48. The molecule has 0 unspecified atom stereocenters. The van der Waals surface area contributed by atoms with E-state index in [0.29, 0.717) is 32.5 Å². The molecule has 1 aromatic carbocycles. The third kappa shape index (κ3) is 4.03. The van der Waals surface area contributed by atoms with Crippen molar-refractivity contribution in [2.75, 3.05) is 32.5 Å². The van der Waals surface area contributed by atoms with E-state index in [1.165, 1.54) is 0 Å². The zero-order chi connectivity index (χ0) is 16.9. The van der Waals surface area contributed by atoms with Crippen molar-refractivity contribution in [3.63, 3.8) is 0 Å². The summed E-state index contributed by atoms with van der Waals surface area (Å²) in [6, 6.07) is 7.62. The molecule has 2 N–H and O–H groups in total. The Balaban J connectivity index is 1.91. The van der Waals surface area contributed by atoms with Gasteiger partial charge in [-0.1, -0.05) is 18.2 Å². The average Bonchev–Trinajstić information content (AvgIpc) is 2.52. The Morgan fingerprint density at radius 3 is 2.57 bits per heavy atom. The second-order valence-electron chi connectivity index (χ2n) is 5.89. The Labute approximate surface area is 137 Å². The van der Waals surface area contributed by atoms with Crippen LogP contribution in [0.1, 0.15) is 18.4 Å². The normalized spacial score (nSPS) is 17.5. The van der Waals surface area contributed by atoms with Gasteiger partial charge < -0.3 is 15.4 Å². The van der Waals surface area contributed by atoms with Crippen LogP contribution in [0, 0.1) is 6.92 Å². The largest absolute Gasteiger partial charge is 0.491 e. The quantitative estimate of drug-likeness (QED) is 0.743. The Morgan fingerprint density at radius 2 is 1.96 bits per heavy atom. The fourth-order valence-electron chi connectivity index (χ4n) is 2.80. The molecule has 1 aliphatic rings. The lowest BCUT2D eigenvalue weighted by Crippen LogP contribution is -2.57. The average molecular weight is 340 g/mol. The van der Waals surface area contributed by atoms with E-state index in [2.05, 4.69) is 10.6 Å². The highest BCUT2D eigenvalue weighted by Crippen LogP contribution is 2.27. The third-order valence-corrected chi connectivity index (χ3v) is 6.29. The third-order valence-electron chi connectivity index (χ3n) is 4.27. The Bertz CT molecular complexity index is 652. The molecule has 0 spiro atoms. The monoisotopic (exact) mass is 340 g/mol. The fourth-order valence-corrected chi connectivity index (χ4v) is 4.16. The summed E-state index contributed by atoms with van der Waals surface area (Å²) in [6.07, 6.45) is 1.74. The topological polar surface area (TPSA) is 84.5 Å². The molecular formula is C16H24N2O4S. The molecule has 23 heavy (non-hydrogen) atoms. The van der Waals surface area contributed by atoms with Crippen molar-refractivity contribution < 1.29 is 17.9 Å². The van der Waals surface area contributed by atoms with Crippen LogP contribution >= 0.6 is 0 Å². The summed E-state index contributed by atoms with van der Waals surface area (Å²) in [5, 5.41) is 5.81. The van der Waals surface area contributed by atoms with Crippen LogP contribution in [0.3, 0.4) is 0 Å². The number of carbonyl (C=O) groups is 1. The first-order chi connectivity index (χ1) is 10.9. The van der Waals surface area contributed by atoms with Crippen molar-refractivity contribution in [2.45, 2.75) is 24.5 Å². The second-order valence-corrected chi connectivity index (χ2v) is 8.21. The van der Waals surface area contributed by atoms with E-state index in [0.717, 1.165) is 17.6 Å². The van der Waals surface area contributed by atoms with Crippen LogP contribution in [0.15, 0.2) is 24.3 Å². The maximum atomic E-state index is 12.5. The van der Waals surface area contributed by atoms with E-state index in [1.807, 2.05) is 31.2 Å². The highest BCUT2D eigenvalue weighted by Gasteiger charge is 2.48. The van der Waals surface area contributed by atoms with Gasteiger partial charge in [0.2, 0.25) is 5.91 Å². The summed E-state index contributed by atoms with van der Waals surface area (Å²) in [6.45, 7) is 3.58. The molecule has 0 aromatic heterocycles. The van der Waals surface area contributed by atoms with Gasteiger partial charge >= 0.3 is 0 Å². The number of amides is 1. The second kappa shape index (κ2) is 7.31. The van der Waals surface area contributed by atoms with Crippen LogP contribution < -0.4 is 15.4 Å². The lowest BCUT2D eigenvalue weighted by atomic mass is 9.96. The lowest BCUT2D eigenvalue weighted by Gasteiger charge is -2.34. The number of para-hydroxylation sites is 1. The van der Waals surface area contributed by atoms with Gasteiger partial charge in [-0.3, -0.25) is 4.79 Å². The number of rotatable bonds is 6. The molecule has 0 radical (unpaired) electrons. The van der Waals surface area contributed by atoms with Gasteiger partial charge in [-0.05, 0) is 44.5 Å².